The summed E-state index contributed by atoms with van der Waals surface area (Å²) in [6.07, 6.45) is -1.86. The second-order valence-electron chi connectivity index (χ2n) is 8.95. The van der Waals surface area contributed by atoms with Crippen molar-refractivity contribution in [3.8, 4) is 0 Å². The molecule has 0 bridgehead atoms. The second kappa shape index (κ2) is 7.85. The lowest BCUT2D eigenvalue weighted by atomic mass is 9.87. The highest BCUT2D eigenvalue weighted by Crippen LogP contribution is 2.46. The quantitative estimate of drug-likeness (QED) is 0.724. The lowest BCUT2D eigenvalue weighted by molar-refractivity contribution is -0.366. The fourth-order valence-corrected chi connectivity index (χ4v) is 4.40. The molecule has 0 aliphatic carbocycles. The number of methoxy groups -OCH3 is 1. The van der Waals surface area contributed by atoms with E-state index in [1.165, 1.54) is 7.11 Å². The fraction of sp³-hybridized carbons (Fsp3) is 0.682. The normalized spacial score (nSPS) is 36.6. The number of nitrogens with one attached hydrogen (secondary N) is 1. The molecule has 1 N–H and O–H groups in total. The van der Waals surface area contributed by atoms with Crippen molar-refractivity contribution in [3.63, 3.8) is 0 Å². The molecule has 3 saturated heterocycles. The zero-order valence-electron chi connectivity index (χ0n) is 18.2. The number of rotatable bonds is 5. The summed E-state index contributed by atoms with van der Waals surface area (Å²) in [7, 11) is 1.36. The number of hydrogen-bond acceptors (Lipinski definition) is 8. The van der Waals surface area contributed by atoms with Gasteiger partial charge in [-0.25, -0.2) is 0 Å². The molecule has 3 heterocycles. The molecular weight excluding hydrogens is 390 g/mol. The van der Waals surface area contributed by atoms with Crippen LogP contribution in [0.25, 0.3) is 0 Å². The molecule has 0 amide bonds. The Kier molecular flexibility index (Phi) is 5.67. The van der Waals surface area contributed by atoms with Crippen molar-refractivity contribution >= 4 is 5.97 Å². The van der Waals surface area contributed by atoms with Crippen LogP contribution in [0.3, 0.4) is 0 Å². The van der Waals surface area contributed by atoms with Gasteiger partial charge in [-0.2, -0.15) is 0 Å². The third-order valence-electron chi connectivity index (χ3n) is 5.72. The van der Waals surface area contributed by atoms with Crippen molar-refractivity contribution in [2.75, 3.05) is 13.7 Å². The highest BCUT2D eigenvalue weighted by atomic mass is 16.8. The Morgan fingerprint density at radius 2 is 1.73 bits per heavy atom. The molecule has 1 unspecified atom stereocenters. The Hall–Kier alpha value is -1.55. The highest BCUT2D eigenvalue weighted by Gasteiger charge is 2.64. The second-order valence-corrected chi connectivity index (χ2v) is 8.95. The van der Waals surface area contributed by atoms with Crippen LogP contribution >= 0.6 is 0 Å². The topological polar surface area (TPSA) is 84.5 Å². The van der Waals surface area contributed by atoms with Crippen LogP contribution in [0.5, 0.6) is 0 Å². The summed E-state index contributed by atoms with van der Waals surface area (Å²) in [6, 6.07) is 9.91. The molecule has 8 heteroatoms. The van der Waals surface area contributed by atoms with Gasteiger partial charge in [0.1, 0.15) is 24.4 Å². The van der Waals surface area contributed by atoms with Crippen molar-refractivity contribution in [3.05, 3.63) is 35.9 Å². The van der Waals surface area contributed by atoms with Crippen molar-refractivity contribution < 1.29 is 33.2 Å². The first-order chi connectivity index (χ1) is 14.1. The monoisotopic (exact) mass is 421 g/mol. The van der Waals surface area contributed by atoms with Gasteiger partial charge in [-0.15, -0.1) is 0 Å². The number of ether oxygens (including phenoxy) is 6. The maximum atomic E-state index is 12.4. The number of carbonyl (C=O) groups is 1. The van der Waals surface area contributed by atoms with Crippen LogP contribution < -0.4 is 5.32 Å². The average Bonchev–Trinajstić information content (AvgIpc) is 3.04. The van der Waals surface area contributed by atoms with Gasteiger partial charge in [-0.1, -0.05) is 30.3 Å². The van der Waals surface area contributed by atoms with E-state index in [2.05, 4.69) is 5.32 Å². The molecule has 3 aliphatic rings. The van der Waals surface area contributed by atoms with E-state index < -0.39 is 41.6 Å². The lowest BCUT2D eigenvalue weighted by Crippen LogP contribution is -2.72. The van der Waals surface area contributed by atoms with Crippen LogP contribution in [-0.2, 0) is 39.8 Å². The smallest absolute Gasteiger partial charge is 0.309 e. The van der Waals surface area contributed by atoms with E-state index in [1.54, 1.807) is 0 Å². The lowest BCUT2D eigenvalue weighted by Gasteiger charge is -2.53. The third kappa shape index (κ3) is 4.26. The van der Waals surface area contributed by atoms with Gasteiger partial charge in [-0.3, -0.25) is 10.1 Å². The van der Waals surface area contributed by atoms with E-state index in [-0.39, 0.29) is 12.5 Å². The standard InChI is InChI=1S/C22H31NO7/c1-20(2)26-13-15-17(28-20)18-19(30-21(3,4)29-18)22(27-15,11-16(24)25-5)23-12-14-9-7-6-8-10-14/h6-10,15,17-19,23H,11-13H2,1-5H3/t15-,17-,18+,19+,22?/m1/s1. The van der Waals surface area contributed by atoms with E-state index in [9.17, 15) is 4.79 Å². The summed E-state index contributed by atoms with van der Waals surface area (Å²) >= 11 is 0. The van der Waals surface area contributed by atoms with Crippen LogP contribution in [0.2, 0.25) is 0 Å². The summed E-state index contributed by atoms with van der Waals surface area (Å²) in [4.78, 5) is 12.4. The van der Waals surface area contributed by atoms with Crippen LogP contribution in [0, 0.1) is 0 Å². The van der Waals surface area contributed by atoms with Gasteiger partial charge in [-0.05, 0) is 33.3 Å². The molecule has 8 nitrogen and oxygen atoms in total. The molecule has 3 fully saturated rings. The molecular formula is C22H31NO7. The summed E-state index contributed by atoms with van der Waals surface area (Å²) in [5.41, 5.74) is -0.101. The zero-order valence-corrected chi connectivity index (χ0v) is 18.2. The van der Waals surface area contributed by atoms with Gasteiger partial charge in [0, 0.05) is 6.54 Å². The number of benzene rings is 1. The van der Waals surface area contributed by atoms with E-state index in [1.807, 2.05) is 58.0 Å². The Bertz CT molecular complexity index is 768. The van der Waals surface area contributed by atoms with Crippen molar-refractivity contribution in [2.45, 2.75) is 82.4 Å². The van der Waals surface area contributed by atoms with Gasteiger partial charge >= 0.3 is 5.97 Å². The molecule has 5 atom stereocenters. The Balaban J connectivity index is 1.67. The van der Waals surface area contributed by atoms with E-state index in [0.29, 0.717) is 13.2 Å². The molecule has 0 saturated carbocycles. The largest absolute Gasteiger partial charge is 0.469 e. The van der Waals surface area contributed by atoms with Gasteiger partial charge < -0.3 is 28.4 Å². The van der Waals surface area contributed by atoms with Gasteiger partial charge in [0.15, 0.2) is 17.3 Å². The summed E-state index contributed by atoms with van der Waals surface area (Å²) in [5.74, 6) is -2.01. The Morgan fingerprint density at radius 3 is 2.43 bits per heavy atom. The zero-order chi connectivity index (χ0) is 21.6. The molecule has 4 rings (SSSR count). The average molecular weight is 421 g/mol. The minimum Gasteiger partial charge on any atom is -0.469 e. The number of fused-ring (bicyclic) bond motifs is 3. The van der Waals surface area contributed by atoms with Crippen LogP contribution in [-0.4, -0.2) is 61.4 Å². The van der Waals surface area contributed by atoms with E-state index in [0.717, 1.165) is 5.56 Å². The minimum atomic E-state index is -1.16. The first-order valence-electron chi connectivity index (χ1n) is 10.3. The number of hydrogen-bond donors (Lipinski definition) is 1. The van der Waals surface area contributed by atoms with E-state index >= 15 is 0 Å². The van der Waals surface area contributed by atoms with Crippen molar-refractivity contribution in [2.24, 2.45) is 0 Å². The van der Waals surface area contributed by atoms with Crippen molar-refractivity contribution in [1.82, 2.24) is 5.32 Å². The maximum absolute atomic E-state index is 12.4. The maximum Gasteiger partial charge on any atom is 0.309 e. The first kappa shape index (κ1) is 21.7. The van der Waals surface area contributed by atoms with Crippen LogP contribution in [0.1, 0.15) is 39.7 Å². The van der Waals surface area contributed by atoms with Crippen LogP contribution in [0.15, 0.2) is 30.3 Å². The summed E-state index contributed by atoms with van der Waals surface area (Å²) in [5, 5.41) is 3.44. The summed E-state index contributed by atoms with van der Waals surface area (Å²) < 4.78 is 36.0. The Labute approximate surface area is 177 Å². The van der Waals surface area contributed by atoms with Crippen molar-refractivity contribution in [1.29, 1.82) is 0 Å². The molecule has 1 aromatic rings. The molecule has 1 aromatic carbocycles. The molecule has 0 radical (unpaired) electrons. The molecule has 0 aromatic heterocycles. The molecule has 0 spiro atoms. The van der Waals surface area contributed by atoms with Gasteiger partial charge in [0.05, 0.1) is 20.1 Å². The first-order valence-corrected chi connectivity index (χ1v) is 10.3. The number of carbonyl (C=O) groups excluding carboxylic acids is 1. The third-order valence-corrected chi connectivity index (χ3v) is 5.72. The predicted molar refractivity (Wildman–Crippen MR) is 106 cm³/mol. The molecule has 166 valence electrons. The SMILES string of the molecule is COC(=O)CC1(NCc2ccccc2)O[C@@H]2COC(C)(C)O[C@H]2[C@@H]2OC(C)(C)O[C@@H]21. The Morgan fingerprint density at radius 1 is 1.03 bits per heavy atom. The number of esters is 1. The van der Waals surface area contributed by atoms with Crippen LogP contribution in [0.4, 0.5) is 0 Å². The van der Waals surface area contributed by atoms with E-state index in [4.69, 9.17) is 28.4 Å². The molecule has 3 aliphatic heterocycles. The van der Waals surface area contributed by atoms with Gasteiger partial charge in [0.25, 0.3) is 0 Å². The predicted octanol–water partition coefficient (Wildman–Crippen LogP) is 2.11. The minimum absolute atomic E-state index is 0.0381. The fourth-order valence-electron chi connectivity index (χ4n) is 4.40. The highest BCUT2D eigenvalue weighted by molar-refractivity contribution is 5.70. The van der Waals surface area contributed by atoms with Gasteiger partial charge in [0.2, 0.25) is 0 Å². The molecule has 30 heavy (non-hydrogen) atoms. The summed E-state index contributed by atoms with van der Waals surface area (Å²) in [6.45, 7) is 8.23.